The second-order valence-electron chi connectivity index (χ2n) is 5.20. The van der Waals surface area contributed by atoms with Gasteiger partial charge in [0, 0.05) is 33.2 Å². The molecular weight excluding hydrogens is 311 g/mol. The Kier molecular flexibility index (Phi) is 5.74. The number of amides is 2. The van der Waals surface area contributed by atoms with E-state index >= 15 is 0 Å². The number of benzene rings is 1. The van der Waals surface area contributed by atoms with E-state index in [9.17, 15) is 14.0 Å². The second kappa shape index (κ2) is 7.56. The van der Waals surface area contributed by atoms with Crippen molar-refractivity contribution in [2.24, 2.45) is 5.92 Å². The van der Waals surface area contributed by atoms with Gasteiger partial charge in [0.1, 0.15) is 5.82 Å². The fourth-order valence-corrected chi connectivity index (χ4v) is 2.55. The van der Waals surface area contributed by atoms with Crippen molar-refractivity contribution in [2.45, 2.75) is 13.0 Å². The summed E-state index contributed by atoms with van der Waals surface area (Å²) in [5.41, 5.74) is 0.709. The summed E-state index contributed by atoms with van der Waals surface area (Å²) >= 11 is 5.69. The number of rotatable bonds is 6. The van der Waals surface area contributed by atoms with Gasteiger partial charge in [-0.3, -0.25) is 9.59 Å². The van der Waals surface area contributed by atoms with Gasteiger partial charge in [-0.05, 0) is 17.7 Å². The molecule has 1 atom stereocenters. The summed E-state index contributed by atoms with van der Waals surface area (Å²) in [5, 5.41) is 2.78. The molecule has 0 aromatic heterocycles. The van der Waals surface area contributed by atoms with E-state index < -0.39 is 5.82 Å². The molecule has 1 aliphatic heterocycles. The standard InChI is InChI=1S/C15H18ClFN2O3/c1-22-5-4-19-9-11(7-14(19)20)15(21)18-8-10-2-3-13(17)12(16)6-10/h2-3,6,11H,4-5,7-9H2,1H3,(H,18,21). The van der Waals surface area contributed by atoms with E-state index in [2.05, 4.69) is 5.32 Å². The molecule has 0 radical (unpaired) electrons. The van der Waals surface area contributed by atoms with Gasteiger partial charge < -0.3 is 15.0 Å². The fraction of sp³-hybridized carbons (Fsp3) is 0.467. The minimum absolute atomic E-state index is 0.0218. The Morgan fingerprint density at radius 3 is 3.00 bits per heavy atom. The third-order valence-corrected chi connectivity index (χ3v) is 3.89. The fourth-order valence-electron chi connectivity index (χ4n) is 2.35. The smallest absolute Gasteiger partial charge is 0.225 e. The summed E-state index contributed by atoms with van der Waals surface area (Å²) in [6.07, 6.45) is 0.208. The van der Waals surface area contributed by atoms with Crippen molar-refractivity contribution >= 4 is 23.4 Å². The number of nitrogens with one attached hydrogen (secondary N) is 1. The Hall–Kier alpha value is -1.66. The summed E-state index contributed by atoms with van der Waals surface area (Å²) in [5.74, 6) is -1.08. The lowest BCUT2D eigenvalue weighted by molar-refractivity contribution is -0.129. The van der Waals surface area contributed by atoms with Crippen LogP contribution in [0.2, 0.25) is 5.02 Å². The maximum Gasteiger partial charge on any atom is 0.225 e. The summed E-state index contributed by atoms with van der Waals surface area (Å²) in [7, 11) is 1.57. The Balaban J connectivity index is 1.85. The first-order chi connectivity index (χ1) is 10.5. The van der Waals surface area contributed by atoms with E-state index in [1.54, 1.807) is 18.1 Å². The zero-order chi connectivity index (χ0) is 16.1. The van der Waals surface area contributed by atoms with Crippen molar-refractivity contribution in [2.75, 3.05) is 26.8 Å². The maximum atomic E-state index is 13.1. The molecule has 7 heteroatoms. The molecule has 5 nitrogen and oxygen atoms in total. The molecule has 1 fully saturated rings. The average molecular weight is 329 g/mol. The molecule has 1 heterocycles. The molecule has 22 heavy (non-hydrogen) atoms. The van der Waals surface area contributed by atoms with Crippen molar-refractivity contribution in [3.8, 4) is 0 Å². The van der Waals surface area contributed by atoms with Gasteiger partial charge in [-0.1, -0.05) is 17.7 Å². The largest absolute Gasteiger partial charge is 0.383 e. The van der Waals surface area contributed by atoms with Gasteiger partial charge >= 0.3 is 0 Å². The monoisotopic (exact) mass is 328 g/mol. The lowest BCUT2D eigenvalue weighted by atomic mass is 10.1. The third kappa shape index (κ3) is 4.18. The van der Waals surface area contributed by atoms with Crippen molar-refractivity contribution in [1.29, 1.82) is 0 Å². The molecular formula is C15H18ClFN2O3. The van der Waals surface area contributed by atoms with Gasteiger partial charge in [0.2, 0.25) is 11.8 Å². The highest BCUT2D eigenvalue weighted by Crippen LogP contribution is 2.19. The van der Waals surface area contributed by atoms with E-state index in [-0.39, 0.29) is 35.7 Å². The van der Waals surface area contributed by atoms with Crippen LogP contribution >= 0.6 is 11.6 Å². The lowest BCUT2D eigenvalue weighted by Gasteiger charge is -2.15. The van der Waals surface area contributed by atoms with E-state index in [1.165, 1.54) is 12.1 Å². The van der Waals surface area contributed by atoms with Gasteiger partial charge in [0.15, 0.2) is 0 Å². The number of hydrogen-bond acceptors (Lipinski definition) is 3. The first-order valence-corrected chi connectivity index (χ1v) is 7.37. The highest BCUT2D eigenvalue weighted by atomic mass is 35.5. The van der Waals surface area contributed by atoms with Crippen LogP contribution in [0.3, 0.4) is 0 Å². The first kappa shape index (κ1) is 16.7. The van der Waals surface area contributed by atoms with Crippen molar-refractivity contribution in [3.63, 3.8) is 0 Å². The van der Waals surface area contributed by atoms with Gasteiger partial charge in [-0.15, -0.1) is 0 Å². The van der Waals surface area contributed by atoms with Crippen molar-refractivity contribution < 1.29 is 18.7 Å². The lowest BCUT2D eigenvalue weighted by Crippen LogP contribution is -2.33. The summed E-state index contributed by atoms with van der Waals surface area (Å²) in [6.45, 7) is 1.60. The first-order valence-electron chi connectivity index (χ1n) is 6.99. The Morgan fingerprint density at radius 1 is 1.55 bits per heavy atom. The molecule has 120 valence electrons. The Bertz CT molecular complexity index is 568. The van der Waals surface area contributed by atoms with E-state index in [0.29, 0.717) is 25.3 Å². The highest BCUT2D eigenvalue weighted by molar-refractivity contribution is 6.30. The predicted molar refractivity (Wildman–Crippen MR) is 79.8 cm³/mol. The van der Waals surface area contributed by atoms with Crippen LogP contribution < -0.4 is 5.32 Å². The predicted octanol–water partition coefficient (Wildman–Crippen LogP) is 1.59. The number of methoxy groups -OCH3 is 1. The zero-order valence-electron chi connectivity index (χ0n) is 12.3. The van der Waals surface area contributed by atoms with Crippen LogP contribution in [0.5, 0.6) is 0 Å². The number of nitrogens with zero attached hydrogens (tertiary/aromatic N) is 1. The molecule has 2 rings (SSSR count). The molecule has 0 spiro atoms. The van der Waals surface area contributed by atoms with Gasteiger partial charge in [-0.2, -0.15) is 0 Å². The minimum Gasteiger partial charge on any atom is -0.383 e. The molecule has 1 aliphatic rings. The maximum absolute atomic E-state index is 13.1. The number of halogens is 2. The summed E-state index contributed by atoms with van der Waals surface area (Å²) in [4.78, 5) is 25.5. The normalized spacial score (nSPS) is 17.9. The van der Waals surface area contributed by atoms with E-state index in [0.717, 1.165) is 0 Å². The van der Waals surface area contributed by atoms with Gasteiger partial charge in [0.05, 0.1) is 17.5 Å². The van der Waals surface area contributed by atoms with Crippen LogP contribution in [0, 0.1) is 11.7 Å². The van der Waals surface area contributed by atoms with Crippen LogP contribution in [0.1, 0.15) is 12.0 Å². The van der Waals surface area contributed by atoms with Crippen LogP contribution in [-0.4, -0.2) is 43.5 Å². The SMILES string of the molecule is COCCN1CC(C(=O)NCc2ccc(F)c(Cl)c2)CC1=O. The number of hydrogen-bond donors (Lipinski definition) is 1. The quantitative estimate of drug-likeness (QED) is 0.862. The van der Waals surface area contributed by atoms with Crippen LogP contribution in [0.4, 0.5) is 4.39 Å². The van der Waals surface area contributed by atoms with Crippen molar-refractivity contribution in [3.05, 3.63) is 34.6 Å². The van der Waals surface area contributed by atoms with Crippen molar-refractivity contribution in [1.82, 2.24) is 10.2 Å². The van der Waals surface area contributed by atoms with Gasteiger partial charge in [0.25, 0.3) is 0 Å². The minimum atomic E-state index is -0.494. The molecule has 1 aromatic carbocycles. The van der Waals surface area contributed by atoms with Crippen LogP contribution in [-0.2, 0) is 20.9 Å². The molecule has 2 amide bonds. The van der Waals surface area contributed by atoms with Gasteiger partial charge in [-0.25, -0.2) is 4.39 Å². The molecule has 0 bridgehead atoms. The average Bonchev–Trinajstić information content (AvgIpc) is 2.87. The zero-order valence-corrected chi connectivity index (χ0v) is 13.0. The topological polar surface area (TPSA) is 58.6 Å². The molecule has 0 saturated carbocycles. The molecule has 1 unspecified atom stereocenters. The number of carbonyl (C=O) groups excluding carboxylic acids is 2. The van der Waals surface area contributed by atoms with E-state index in [4.69, 9.17) is 16.3 Å². The number of likely N-dealkylation sites (tertiary alicyclic amines) is 1. The molecule has 0 aliphatic carbocycles. The second-order valence-corrected chi connectivity index (χ2v) is 5.61. The van der Waals surface area contributed by atoms with E-state index in [1.807, 2.05) is 0 Å². The number of ether oxygens (including phenoxy) is 1. The molecule has 1 saturated heterocycles. The molecule has 1 N–H and O–H groups in total. The van der Waals surface area contributed by atoms with Crippen LogP contribution in [0.25, 0.3) is 0 Å². The number of carbonyl (C=O) groups is 2. The summed E-state index contributed by atoms with van der Waals surface area (Å²) < 4.78 is 18.0. The Morgan fingerprint density at radius 2 is 2.32 bits per heavy atom. The van der Waals surface area contributed by atoms with Crippen LogP contribution in [0.15, 0.2) is 18.2 Å². The summed E-state index contributed by atoms with van der Waals surface area (Å²) in [6, 6.07) is 4.30. The Labute approximate surface area is 133 Å². The molecule has 1 aromatic rings. The highest BCUT2D eigenvalue weighted by Gasteiger charge is 2.33. The third-order valence-electron chi connectivity index (χ3n) is 3.60.